The fraction of sp³-hybridized carbons (Fsp3) is 0.118. The van der Waals surface area contributed by atoms with E-state index >= 15 is 0 Å². The van der Waals surface area contributed by atoms with Crippen molar-refractivity contribution in [1.29, 1.82) is 0 Å². The molecule has 0 radical (unpaired) electrons. The molecule has 1 heterocycles. The molecule has 8 nitrogen and oxygen atoms in total. The van der Waals surface area contributed by atoms with Gasteiger partial charge < -0.3 is 9.47 Å². The van der Waals surface area contributed by atoms with E-state index in [1.54, 1.807) is 12.1 Å². The smallest absolute Gasteiger partial charge is 0.308 e. The van der Waals surface area contributed by atoms with Crippen LogP contribution in [0.25, 0.3) is 11.4 Å². The molecule has 0 saturated heterocycles. The third-order valence-corrected chi connectivity index (χ3v) is 3.35. The van der Waals surface area contributed by atoms with Crippen LogP contribution in [0, 0.1) is 0 Å². The highest BCUT2D eigenvalue weighted by molar-refractivity contribution is 5.85. The van der Waals surface area contributed by atoms with E-state index in [0.29, 0.717) is 17.9 Å². The summed E-state index contributed by atoms with van der Waals surface area (Å²) in [7, 11) is 0. The lowest BCUT2D eigenvalue weighted by atomic mass is 10.1. The molecule has 0 aliphatic rings. The molecular formula is C17H14N4O4. The number of aromatic nitrogens is 4. The van der Waals surface area contributed by atoms with Gasteiger partial charge in [-0.05, 0) is 22.9 Å². The van der Waals surface area contributed by atoms with Gasteiger partial charge in [-0.15, -0.1) is 10.2 Å². The van der Waals surface area contributed by atoms with Crippen LogP contribution < -0.4 is 9.47 Å². The van der Waals surface area contributed by atoms with Crippen LogP contribution in [0.15, 0.2) is 42.5 Å². The molecule has 0 unspecified atom stereocenters. The lowest BCUT2D eigenvalue weighted by Crippen LogP contribution is -2.05. The summed E-state index contributed by atoms with van der Waals surface area (Å²) in [6.45, 7) is 1.52. The van der Waals surface area contributed by atoms with Gasteiger partial charge in [-0.1, -0.05) is 30.3 Å². The van der Waals surface area contributed by atoms with E-state index < -0.39 is 5.97 Å². The van der Waals surface area contributed by atoms with Gasteiger partial charge in [0.1, 0.15) is 18.1 Å². The van der Waals surface area contributed by atoms with Gasteiger partial charge in [0.2, 0.25) is 5.82 Å². The van der Waals surface area contributed by atoms with Gasteiger partial charge in [-0.25, -0.2) is 0 Å². The van der Waals surface area contributed by atoms with Crippen LogP contribution in [-0.2, 0) is 11.4 Å². The first kappa shape index (κ1) is 16.3. The van der Waals surface area contributed by atoms with Crippen molar-refractivity contribution in [2.75, 3.05) is 0 Å². The summed E-state index contributed by atoms with van der Waals surface area (Å²) in [5.41, 5.74) is 1.91. The monoisotopic (exact) mass is 338 g/mol. The third kappa shape index (κ3) is 3.86. The van der Waals surface area contributed by atoms with Crippen molar-refractivity contribution in [3.63, 3.8) is 0 Å². The van der Waals surface area contributed by atoms with Crippen LogP contribution in [0.4, 0.5) is 0 Å². The fourth-order valence-electron chi connectivity index (χ4n) is 2.20. The molecule has 3 aromatic rings. The Bertz CT molecular complexity index is 876. The number of rotatable bonds is 6. The number of tetrazole rings is 1. The van der Waals surface area contributed by atoms with Gasteiger partial charge in [-0.2, -0.15) is 5.21 Å². The average Bonchev–Trinajstić information content (AvgIpc) is 3.14. The third-order valence-electron chi connectivity index (χ3n) is 3.35. The van der Waals surface area contributed by atoms with E-state index in [2.05, 4.69) is 20.6 Å². The minimum absolute atomic E-state index is 0.174. The lowest BCUT2D eigenvalue weighted by molar-refractivity contribution is -0.131. The second-order valence-corrected chi connectivity index (χ2v) is 5.10. The first-order chi connectivity index (χ1) is 12.2. The molecule has 25 heavy (non-hydrogen) atoms. The van der Waals surface area contributed by atoms with Crippen molar-refractivity contribution >= 4 is 12.3 Å². The average molecular weight is 338 g/mol. The number of esters is 1. The maximum atomic E-state index is 11.3. The van der Waals surface area contributed by atoms with Crippen LogP contribution in [-0.4, -0.2) is 32.9 Å². The maximum absolute atomic E-state index is 11.3. The van der Waals surface area contributed by atoms with Crippen molar-refractivity contribution in [2.45, 2.75) is 13.5 Å². The predicted molar refractivity (Wildman–Crippen MR) is 87.1 cm³/mol. The highest BCUT2D eigenvalue weighted by Gasteiger charge is 2.12. The largest absolute Gasteiger partial charge is 0.488 e. The normalized spacial score (nSPS) is 10.3. The molecule has 0 spiro atoms. The highest BCUT2D eigenvalue weighted by atomic mass is 16.5. The lowest BCUT2D eigenvalue weighted by Gasteiger charge is -2.11. The Morgan fingerprint density at radius 2 is 1.92 bits per heavy atom. The van der Waals surface area contributed by atoms with Crippen molar-refractivity contribution < 1.29 is 19.1 Å². The first-order valence-electron chi connectivity index (χ1n) is 7.39. The van der Waals surface area contributed by atoms with Crippen LogP contribution in [0.2, 0.25) is 0 Å². The zero-order valence-electron chi connectivity index (χ0n) is 13.3. The van der Waals surface area contributed by atoms with Gasteiger partial charge in [0.15, 0.2) is 6.29 Å². The van der Waals surface area contributed by atoms with Gasteiger partial charge in [-0.3, -0.25) is 9.59 Å². The van der Waals surface area contributed by atoms with Crippen LogP contribution in [0.3, 0.4) is 0 Å². The van der Waals surface area contributed by atoms with E-state index in [9.17, 15) is 9.59 Å². The molecule has 1 N–H and O–H groups in total. The summed E-state index contributed by atoms with van der Waals surface area (Å²) >= 11 is 0. The van der Waals surface area contributed by atoms with Crippen molar-refractivity contribution in [3.05, 3.63) is 53.6 Å². The molecule has 1 aromatic heterocycles. The Morgan fingerprint density at radius 1 is 1.16 bits per heavy atom. The van der Waals surface area contributed by atoms with Crippen molar-refractivity contribution in [3.8, 4) is 22.9 Å². The van der Waals surface area contributed by atoms with E-state index in [0.717, 1.165) is 11.1 Å². The topological polar surface area (TPSA) is 107 Å². The molecule has 0 aliphatic heterocycles. The number of nitrogens with zero attached hydrogens (tertiary/aromatic N) is 3. The molecule has 0 bridgehead atoms. The number of nitrogens with one attached hydrogen (secondary N) is 1. The van der Waals surface area contributed by atoms with E-state index in [1.807, 2.05) is 24.3 Å². The highest BCUT2D eigenvalue weighted by Crippen LogP contribution is 2.27. The number of H-pyrrole nitrogens is 1. The Labute approximate surface area is 142 Å². The molecule has 3 rings (SSSR count). The number of aldehydes is 1. The minimum Gasteiger partial charge on any atom is -0.488 e. The van der Waals surface area contributed by atoms with Crippen LogP contribution in [0.5, 0.6) is 11.5 Å². The Morgan fingerprint density at radius 3 is 2.56 bits per heavy atom. The summed E-state index contributed by atoms with van der Waals surface area (Å²) in [6, 6.07) is 12.3. The molecule has 8 heteroatoms. The number of ether oxygens (including phenoxy) is 2. The Hall–Kier alpha value is -3.55. The summed E-state index contributed by atoms with van der Waals surface area (Å²) in [5, 5.41) is 13.7. The first-order valence-corrected chi connectivity index (χ1v) is 7.39. The molecule has 126 valence electrons. The van der Waals surface area contributed by atoms with Gasteiger partial charge in [0.25, 0.3) is 0 Å². The number of hydrogen-bond acceptors (Lipinski definition) is 7. The number of benzene rings is 2. The number of carbonyl (C=O) groups is 2. The molecular weight excluding hydrogens is 324 g/mol. The van der Waals surface area contributed by atoms with Crippen molar-refractivity contribution in [2.24, 2.45) is 0 Å². The number of hydrogen-bond donors (Lipinski definition) is 1. The van der Waals surface area contributed by atoms with Crippen LogP contribution in [0.1, 0.15) is 22.8 Å². The molecule has 0 saturated carbocycles. The molecule has 0 atom stereocenters. The Balaban J connectivity index is 1.73. The molecule has 0 fully saturated rings. The van der Waals surface area contributed by atoms with E-state index in [-0.39, 0.29) is 17.9 Å². The molecule has 0 amide bonds. The number of aromatic amines is 1. The zero-order chi connectivity index (χ0) is 17.6. The second kappa shape index (κ2) is 7.35. The SMILES string of the molecule is CC(=O)Oc1cccc(OCc2ccc(-c3nn[nH]n3)cc2)c1C=O. The Kier molecular flexibility index (Phi) is 4.79. The zero-order valence-corrected chi connectivity index (χ0v) is 13.3. The summed E-state index contributed by atoms with van der Waals surface area (Å²) in [5.74, 6) is 0.519. The van der Waals surface area contributed by atoms with Gasteiger partial charge in [0.05, 0.1) is 5.56 Å². The van der Waals surface area contributed by atoms with Crippen molar-refractivity contribution in [1.82, 2.24) is 20.6 Å². The van der Waals surface area contributed by atoms with Crippen LogP contribution >= 0.6 is 0 Å². The molecule has 0 aliphatic carbocycles. The second-order valence-electron chi connectivity index (χ2n) is 5.10. The van der Waals surface area contributed by atoms with E-state index in [1.165, 1.54) is 13.0 Å². The maximum Gasteiger partial charge on any atom is 0.308 e. The standard InChI is InChI=1S/C17H14N4O4/c1-11(23)25-16-4-2-3-15(14(16)9-22)24-10-12-5-7-13(8-6-12)17-18-20-21-19-17/h2-9H,10H2,1H3,(H,18,19,20,21). The molecule has 2 aromatic carbocycles. The predicted octanol–water partition coefficient (Wildman–Crippen LogP) is 2.18. The minimum atomic E-state index is -0.502. The summed E-state index contributed by atoms with van der Waals surface area (Å²) < 4.78 is 10.7. The summed E-state index contributed by atoms with van der Waals surface area (Å²) in [4.78, 5) is 22.4. The van der Waals surface area contributed by atoms with Gasteiger partial charge in [0, 0.05) is 12.5 Å². The number of carbonyl (C=O) groups excluding carboxylic acids is 2. The van der Waals surface area contributed by atoms with Gasteiger partial charge >= 0.3 is 5.97 Å². The van der Waals surface area contributed by atoms with E-state index in [4.69, 9.17) is 9.47 Å². The quantitative estimate of drug-likeness (QED) is 0.417. The summed E-state index contributed by atoms with van der Waals surface area (Å²) in [6.07, 6.45) is 0.604. The fourth-order valence-corrected chi connectivity index (χ4v) is 2.20.